The molecular weight excluding hydrogens is 382 g/mol. The minimum atomic E-state index is -4.89. The molecule has 28 heavy (non-hydrogen) atoms. The number of alkyl halides is 3. The van der Waals surface area contributed by atoms with E-state index in [-0.39, 0.29) is 35.9 Å². The van der Waals surface area contributed by atoms with Gasteiger partial charge in [-0.05, 0) is 30.3 Å². The number of hydrogen-bond acceptors (Lipinski definition) is 5. The van der Waals surface area contributed by atoms with Crippen molar-refractivity contribution in [2.24, 2.45) is 0 Å². The van der Waals surface area contributed by atoms with Gasteiger partial charge in [0.1, 0.15) is 11.6 Å². The molecule has 0 bridgehead atoms. The number of rotatable bonds is 4. The summed E-state index contributed by atoms with van der Waals surface area (Å²) in [7, 11) is 1.37. The van der Waals surface area contributed by atoms with Gasteiger partial charge in [-0.15, -0.1) is 0 Å². The molecule has 0 saturated heterocycles. The summed E-state index contributed by atoms with van der Waals surface area (Å²) in [4.78, 5) is 16.7. The Bertz CT molecular complexity index is 1060. The van der Waals surface area contributed by atoms with Crippen molar-refractivity contribution in [3.8, 4) is 5.75 Å². The van der Waals surface area contributed by atoms with Gasteiger partial charge in [0.2, 0.25) is 0 Å². The summed E-state index contributed by atoms with van der Waals surface area (Å²) in [6, 6.07) is 5.36. The molecule has 0 amide bonds. The van der Waals surface area contributed by atoms with Gasteiger partial charge in [0.05, 0.1) is 24.8 Å². The molecule has 2 heterocycles. The maximum absolute atomic E-state index is 13.4. The van der Waals surface area contributed by atoms with E-state index in [0.717, 1.165) is 10.5 Å². The van der Waals surface area contributed by atoms with Crippen LogP contribution in [0.2, 0.25) is 0 Å². The summed E-state index contributed by atoms with van der Waals surface area (Å²) in [5.74, 6) is -1.34. The maximum atomic E-state index is 13.4. The van der Waals surface area contributed by atoms with E-state index < -0.39 is 29.7 Å². The quantitative estimate of drug-likeness (QED) is 0.654. The highest BCUT2D eigenvalue weighted by atomic mass is 19.4. The Hall–Kier alpha value is -3.14. The minimum absolute atomic E-state index is 0. The fourth-order valence-corrected chi connectivity index (χ4v) is 2.54. The average molecular weight is 399 g/mol. The van der Waals surface area contributed by atoms with Gasteiger partial charge in [0, 0.05) is 11.9 Å². The minimum Gasteiger partial charge on any atom is -0.493 e. The first-order valence-electron chi connectivity index (χ1n) is 7.59. The monoisotopic (exact) mass is 399 g/mol. The van der Waals surface area contributed by atoms with E-state index in [1.165, 1.54) is 13.3 Å². The van der Waals surface area contributed by atoms with Crippen LogP contribution in [0.25, 0.3) is 5.65 Å². The second kappa shape index (κ2) is 7.85. The predicted octanol–water partition coefficient (Wildman–Crippen LogP) is 3.73. The summed E-state index contributed by atoms with van der Waals surface area (Å²) in [5, 5.41) is 12.1. The molecule has 1 aromatic carbocycles. The fraction of sp³-hybridized carbons (Fsp3) is 0.222. The van der Waals surface area contributed by atoms with Crippen LogP contribution in [-0.4, -0.2) is 21.6 Å². The van der Waals surface area contributed by atoms with E-state index >= 15 is 0 Å². The number of hydrogen-bond donors (Lipinski definition) is 2. The van der Waals surface area contributed by atoms with Gasteiger partial charge in [-0.3, -0.25) is 9.20 Å². The average Bonchev–Trinajstić information content (AvgIpc) is 2.62. The topological polar surface area (TPSA) is 75.9 Å². The molecule has 0 spiro atoms. The Kier molecular flexibility index (Phi) is 5.93. The number of halogens is 4. The van der Waals surface area contributed by atoms with Crippen LogP contribution >= 0.6 is 0 Å². The third-order valence-electron chi connectivity index (χ3n) is 3.82. The third-order valence-corrected chi connectivity index (χ3v) is 3.82. The van der Waals surface area contributed by atoms with Crippen LogP contribution in [0.15, 0.2) is 41.3 Å². The van der Waals surface area contributed by atoms with Crippen molar-refractivity contribution in [3.05, 3.63) is 63.8 Å². The molecule has 150 valence electrons. The Labute approximate surface area is 157 Å². The van der Waals surface area contributed by atoms with Gasteiger partial charge >= 0.3 is 6.18 Å². The number of benzene rings is 1. The molecule has 6 nitrogen and oxygen atoms in total. The van der Waals surface area contributed by atoms with Gasteiger partial charge in [-0.25, -0.2) is 9.37 Å². The number of aliphatic hydroxyl groups excluding tert-OH is 1. The van der Waals surface area contributed by atoms with Crippen molar-refractivity contribution >= 4 is 17.2 Å². The van der Waals surface area contributed by atoms with Crippen LogP contribution in [0.3, 0.4) is 0 Å². The molecule has 0 fully saturated rings. The maximum Gasteiger partial charge on any atom is 0.419 e. The van der Waals surface area contributed by atoms with Crippen LogP contribution in [0.5, 0.6) is 5.75 Å². The van der Waals surface area contributed by atoms with Gasteiger partial charge in [-0.2, -0.15) is 13.2 Å². The Morgan fingerprint density at radius 2 is 2.00 bits per heavy atom. The smallest absolute Gasteiger partial charge is 0.419 e. The molecule has 0 aliphatic carbocycles. The van der Waals surface area contributed by atoms with Crippen LogP contribution < -0.4 is 15.6 Å². The van der Waals surface area contributed by atoms with E-state index in [0.29, 0.717) is 12.1 Å². The van der Waals surface area contributed by atoms with E-state index in [9.17, 15) is 27.5 Å². The number of aromatic nitrogens is 2. The Morgan fingerprint density at radius 1 is 1.29 bits per heavy atom. The summed E-state index contributed by atoms with van der Waals surface area (Å²) >= 11 is 0. The van der Waals surface area contributed by atoms with Crippen molar-refractivity contribution < 1.29 is 27.4 Å². The Balaban J connectivity index is 0.00000280. The summed E-state index contributed by atoms with van der Waals surface area (Å²) in [6.45, 7) is -0.707. The number of fused-ring (bicyclic) bond motifs is 1. The molecule has 10 heteroatoms. The van der Waals surface area contributed by atoms with Crippen molar-refractivity contribution in [3.63, 3.8) is 0 Å². The van der Waals surface area contributed by atoms with E-state index in [1.807, 2.05) is 0 Å². The van der Waals surface area contributed by atoms with E-state index in [2.05, 4.69) is 10.3 Å². The number of aliphatic hydroxyl groups is 1. The second-order valence-electron chi connectivity index (χ2n) is 5.49. The molecule has 0 saturated carbocycles. The molecule has 0 atom stereocenters. The van der Waals surface area contributed by atoms with Gasteiger partial charge in [0.15, 0.2) is 11.4 Å². The lowest BCUT2D eigenvalue weighted by atomic mass is 10.1. The van der Waals surface area contributed by atoms with E-state index in [1.54, 1.807) is 12.1 Å². The van der Waals surface area contributed by atoms with Gasteiger partial charge in [0.25, 0.3) is 5.56 Å². The molecule has 0 unspecified atom stereocenters. The molecule has 3 aromatic rings. The first-order chi connectivity index (χ1) is 12.8. The zero-order chi connectivity index (χ0) is 19.8. The lowest BCUT2D eigenvalue weighted by Crippen LogP contribution is -2.22. The largest absolute Gasteiger partial charge is 0.493 e. The summed E-state index contributed by atoms with van der Waals surface area (Å²) in [5.41, 5.74) is -2.30. The van der Waals surface area contributed by atoms with Gasteiger partial charge < -0.3 is 15.2 Å². The molecule has 2 N–H and O–H groups in total. The zero-order valence-corrected chi connectivity index (χ0v) is 13.8. The molecule has 0 aliphatic rings. The SMILES string of the molecule is C.COc1cccn2c(=O)c(CO)c(Nc3ccc(F)c(C(F)(F)F)c3)nc12. The van der Waals surface area contributed by atoms with Crippen LogP contribution in [-0.2, 0) is 12.8 Å². The first kappa shape index (κ1) is 21.2. The van der Waals surface area contributed by atoms with Crippen molar-refractivity contribution in [2.45, 2.75) is 20.2 Å². The third kappa shape index (κ3) is 3.77. The highest BCUT2D eigenvalue weighted by Crippen LogP contribution is 2.33. The zero-order valence-electron chi connectivity index (χ0n) is 13.8. The number of pyridine rings is 1. The van der Waals surface area contributed by atoms with Crippen molar-refractivity contribution in [1.29, 1.82) is 0 Å². The van der Waals surface area contributed by atoms with E-state index in [4.69, 9.17) is 4.74 Å². The molecule has 3 rings (SSSR count). The molecule has 0 aliphatic heterocycles. The molecule has 0 radical (unpaired) electrons. The standard InChI is InChI=1S/C17H13F4N3O3.CH4/c1-27-13-3-2-6-24-15(13)23-14(10(8-25)16(24)26)22-9-4-5-12(18)11(7-9)17(19,20)21;/h2-7,22,25H,8H2,1H3;1H4. The first-order valence-corrected chi connectivity index (χ1v) is 7.59. The van der Waals surface area contributed by atoms with Gasteiger partial charge in [-0.1, -0.05) is 7.43 Å². The number of ether oxygens (including phenoxy) is 1. The molecule has 2 aromatic heterocycles. The van der Waals surface area contributed by atoms with Crippen LogP contribution in [0.1, 0.15) is 18.6 Å². The predicted molar refractivity (Wildman–Crippen MR) is 95.4 cm³/mol. The molecular formula is C18H17F4N3O3. The Morgan fingerprint density at radius 3 is 2.61 bits per heavy atom. The summed E-state index contributed by atoms with van der Waals surface area (Å²) < 4.78 is 58.4. The highest BCUT2D eigenvalue weighted by Gasteiger charge is 2.34. The number of methoxy groups -OCH3 is 1. The van der Waals surface area contributed by atoms with Crippen LogP contribution in [0.4, 0.5) is 29.1 Å². The normalized spacial score (nSPS) is 11.2. The lowest BCUT2D eigenvalue weighted by Gasteiger charge is -2.14. The number of nitrogens with zero attached hydrogens (tertiary/aromatic N) is 2. The van der Waals surface area contributed by atoms with Crippen LogP contribution in [0, 0.1) is 5.82 Å². The fourth-order valence-electron chi connectivity index (χ4n) is 2.54. The number of nitrogens with one attached hydrogen (secondary N) is 1. The highest BCUT2D eigenvalue weighted by molar-refractivity contribution is 5.65. The van der Waals surface area contributed by atoms with Crippen molar-refractivity contribution in [2.75, 3.05) is 12.4 Å². The number of anilines is 2. The lowest BCUT2D eigenvalue weighted by molar-refractivity contribution is -0.139. The van der Waals surface area contributed by atoms with Crippen molar-refractivity contribution in [1.82, 2.24) is 9.38 Å². The second-order valence-corrected chi connectivity index (χ2v) is 5.49. The summed E-state index contributed by atoms with van der Waals surface area (Å²) in [6.07, 6.45) is -3.48.